The van der Waals surface area contributed by atoms with Crippen molar-refractivity contribution in [3.05, 3.63) is 35.4 Å². The van der Waals surface area contributed by atoms with E-state index in [9.17, 15) is 13.6 Å². The van der Waals surface area contributed by atoms with Crippen molar-refractivity contribution in [1.82, 2.24) is 4.90 Å². The van der Waals surface area contributed by atoms with E-state index >= 15 is 0 Å². The molecule has 5 heteroatoms. The molecule has 2 fully saturated rings. The minimum absolute atomic E-state index is 0.00846. The summed E-state index contributed by atoms with van der Waals surface area (Å²) in [4.78, 5) is 14.3. The van der Waals surface area contributed by atoms with Crippen LogP contribution in [-0.2, 0) is 4.74 Å². The summed E-state index contributed by atoms with van der Waals surface area (Å²) in [5.41, 5.74) is 0.0932. The van der Waals surface area contributed by atoms with Gasteiger partial charge in [0.2, 0.25) is 0 Å². The van der Waals surface area contributed by atoms with Crippen LogP contribution in [0.15, 0.2) is 18.2 Å². The number of piperidine rings is 1. The van der Waals surface area contributed by atoms with Crippen LogP contribution >= 0.6 is 0 Å². The van der Waals surface area contributed by atoms with E-state index in [0.717, 1.165) is 50.3 Å². The lowest BCUT2D eigenvalue weighted by Gasteiger charge is -2.43. The molecule has 3 rings (SSSR count). The Morgan fingerprint density at radius 2 is 1.91 bits per heavy atom. The van der Waals surface area contributed by atoms with Crippen molar-refractivity contribution in [2.75, 3.05) is 20.2 Å². The number of carbonyl (C=O) groups excluding carboxylic acids is 1. The first-order valence-electron chi connectivity index (χ1n) is 7.82. The molecule has 1 heterocycles. The standard InChI is InChI=1S/C17H21F2NO2/c1-22-15-4-2-5-17(15)6-3-7-20(11-17)16(21)12-8-13(18)10-14(19)9-12/h8-10,15H,2-7,11H2,1H3/t15-,17-/m1/s1. The third-order valence-electron chi connectivity index (χ3n) is 5.11. The Morgan fingerprint density at radius 1 is 1.23 bits per heavy atom. The predicted molar refractivity (Wildman–Crippen MR) is 78.6 cm³/mol. The summed E-state index contributed by atoms with van der Waals surface area (Å²) in [5, 5.41) is 0. The highest BCUT2D eigenvalue weighted by Gasteiger charge is 2.46. The van der Waals surface area contributed by atoms with E-state index in [1.807, 2.05) is 0 Å². The van der Waals surface area contributed by atoms with E-state index in [0.29, 0.717) is 13.1 Å². The first-order valence-corrected chi connectivity index (χ1v) is 7.82. The summed E-state index contributed by atoms with van der Waals surface area (Å²) in [6.07, 6.45) is 5.30. The average molecular weight is 309 g/mol. The molecular weight excluding hydrogens is 288 g/mol. The summed E-state index contributed by atoms with van der Waals surface area (Å²) in [6.45, 7) is 1.25. The van der Waals surface area contributed by atoms with Gasteiger partial charge in [0.1, 0.15) is 11.6 Å². The second-order valence-electron chi connectivity index (χ2n) is 6.47. The van der Waals surface area contributed by atoms with Gasteiger partial charge in [-0.15, -0.1) is 0 Å². The lowest BCUT2D eigenvalue weighted by Crippen LogP contribution is -2.49. The molecule has 22 heavy (non-hydrogen) atoms. The molecule has 0 radical (unpaired) electrons. The van der Waals surface area contributed by atoms with E-state index in [1.165, 1.54) is 0 Å². The second kappa shape index (κ2) is 5.95. The highest BCUT2D eigenvalue weighted by molar-refractivity contribution is 5.94. The first-order chi connectivity index (χ1) is 10.5. The van der Waals surface area contributed by atoms with E-state index < -0.39 is 11.6 Å². The van der Waals surface area contributed by atoms with Gasteiger partial charge in [0.05, 0.1) is 6.10 Å². The fraction of sp³-hybridized carbons (Fsp3) is 0.588. The number of benzene rings is 1. The van der Waals surface area contributed by atoms with Crippen LogP contribution in [0.3, 0.4) is 0 Å². The van der Waals surface area contributed by atoms with Crippen molar-refractivity contribution < 1.29 is 18.3 Å². The smallest absolute Gasteiger partial charge is 0.254 e. The lowest BCUT2D eigenvalue weighted by atomic mass is 9.76. The van der Waals surface area contributed by atoms with Crippen molar-refractivity contribution in [1.29, 1.82) is 0 Å². The van der Waals surface area contributed by atoms with Gasteiger partial charge in [-0.3, -0.25) is 4.79 Å². The molecule has 0 unspecified atom stereocenters. The fourth-order valence-electron chi connectivity index (χ4n) is 4.13. The van der Waals surface area contributed by atoms with Crippen molar-refractivity contribution in [3.8, 4) is 0 Å². The molecule has 0 aromatic heterocycles. The van der Waals surface area contributed by atoms with E-state index in [1.54, 1.807) is 12.0 Å². The van der Waals surface area contributed by atoms with Gasteiger partial charge in [-0.1, -0.05) is 6.42 Å². The van der Waals surface area contributed by atoms with Gasteiger partial charge in [-0.25, -0.2) is 8.78 Å². The molecule has 1 amide bonds. The maximum Gasteiger partial charge on any atom is 0.254 e. The molecule has 1 aromatic carbocycles. The van der Waals surface area contributed by atoms with Crippen LogP contribution in [0, 0.1) is 17.0 Å². The van der Waals surface area contributed by atoms with Crippen LogP contribution in [0.2, 0.25) is 0 Å². The number of carbonyl (C=O) groups is 1. The van der Waals surface area contributed by atoms with Gasteiger partial charge in [0.25, 0.3) is 5.91 Å². The molecule has 1 aliphatic carbocycles. The third kappa shape index (κ3) is 2.74. The predicted octanol–water partition coefficient (Wildman–Crippen LogP) is 3.39. The Balaban J connectivity index is 1.81. The molecule has 0 bridgehead atoms. The number of ether oxygens (including phenoxy) is 1. The summed E-state index contributed by atoms with van der Waals surface area (Å²) < 4.78 is 32.3. The largest absolute Gasteiger partial charge is 0.381 e. The van der Waals surface area contributed by atoms with Crippen LogP contribution in [0.1, 0.15) is 42.5 Å². The summed E-state index contributed by atoms with van der Waals surface area (Å²) in [5.74, 6) is -1.73. The van der Waals surface area contributed by atoms with Crippen molar-refractivity contribution >= 4 is 5.91 Å². The minimum Gasteiger partial charge on any atom is -0.381 e. The van der Waals surface area contributed by atoms with Crippen LogP contribution in [-0.4, -0.2) is 37.1 Å². The Morgan fingerprint density at radius 3 is 2.59 bits per heavy atom. The van der Waals surface area contributed by atoms with Gasteiger partial charge in [0.15, 0.2) is 0 Å². The number of hydrogen-bond acceptors (Lipinski definition) is 2. The highest BCUT2D eigenvalue weighted by Crippen LogP contribution is 2.46. The molecule has 120 valence electrons. The van der Waals surface area contributed by atoms with Crippen molar-refractivity contribution in [2.45, 2.75) is 38.2 Å². The highest BCUT2D eigenvalue weighted by atomic mass is 19.1. The third-order valence-corrected chi connectivity index (χ3v) is 5.11. The molecule has 0 N–H and O–H groups in total. The Bertz CT molecular complexity index is 558. The molecular formula is C17H21F2NO2. The summed E-state index contributed by atoms with van der Waals surface area (Å²) in [7, 11) is 1.72. The Kier molecular flexibility index (Phi) is 4.17. The van der Waals surface area contributed by atoms with Gasteiger partial charge >= 0.3 is 0 Å². The maximum atomic E-state index is 13.3. The van der Waals surface area contributed by atoms with E-state index in [4.69, 9.17) is 4.74 Å². The topological polar surface area (TPSA) is 29.5 Å². The molecule has 1 spiro atoms. The fourth-order valence-corrected chi connectivity index (χ4v) is 4.13. The molecule has 3 nitrogen and oxygen atoms in total. The van der Waals surface area contributed by atoms with Crippen molar-refractivity contribution in [3.63, 3.8) is 0 Å². The number of likely N-dealkylation sites (tertiary alicyclic amines) is 1. The number of hydrogen-bond donors (Lipinski definition) is 0. The van der Waals surface area contributed by atoms with Gasteiger partial charge < -0.3 is 9.64 Å². The number of methoxy groups -OCH3 is 1. The molecule has 1 saturated heterocycles. The molecule has 1 saturated carbocycles. The second-order valence-corrected chi connectivity index (χ2v) is 6.47. The normalized spacial score (nSPS) is 28.3. The molecule has 2 atom stereocenters. The number of rotatable bonds is 2. The Hall–Kier alpha value is -1.49. The van der Waals surface area contributed by atoms with Crippen LogP contribution in [0.5, 0.6) is 0 Å². The van der Waals surface area contributed by atoms with Gasteiger partial charge in [-0.05, 0) is 37.8 Å². The van der Waals surface area contributed by atoms with Gasteiger partial charge in [-0.2, -0.15) is 0 Å². The van der Waals surface area contributed by atoms with Crippen LogP contribution < -0.4 is 0 Å². The lowest BCUT2D eigenvalue weighted by molar-refractivity contribution is -0.0295. The van der Waals surface area contributed by atoms with Crippen LogP contribution in [0.25, 0.3) is 0 Å². The van der Waals surface area contributed by atoms with E-state index in [2.05, 4.69) is 0 Å². The number of amides is 1. The molecule has 2 aliphatic rings. The Labute approximate surface area is 129 Å². The summed E-state index contributed by atoms with van der Waals surface area (Å²) in [6, 6.07) is 3.00. The number of nitrogens with zero attached hydrogens (tertiary/aromatic N) is 1. The molecule has 1 aliphatic heterocycles. The zero-order chi connectivity index (χ0) is 15.7. The summed E-state index contributed by atoms with van der Waals surface area (Å²) >= 11 is 0. The zero-order valence-electron chi connectivity index (χ0n) is 12.8. The maximum absolute atomic E-state index is 13.3. The average Bonchev–Trinajstić information content (AvgIpc) is 2.87. The first kappa shape index (κ1) is 15.4. The number of halogens is 2. The van der Waals surface area contributed by atoms with Gasteiger partial charge in [0, 0.05) is 37.2 Å². The quantitative estimate of drug-likeness (QED) is 0.838. The SMILES string of the molecule is CO[C@@H]1CCC[C@]12CCCN(C(=O)c1cc(F)cc(F)c1)C2. The van der Waals surface area contributed by atoms with Crippen LogP contribution in [0.4, 0.5) is 8.78 Å². The zero-order valence-corrected chi connectivity index (χ0v) is 12.8. The monoisotopic (exact) mass is 309 g/mol. The van der Waals surface area contributed by atoms with E-state index in [-0.39, 0.29) is 23.0 Å². The van der Waals surface area contributed by atoms with Crippen molar-refractivity contribution in [2.24, 2.45) is 5.41 Å². The minimum atomic E-state index is -0.717. The molecule has 1 aromatic rings.